The van der Waals surface area contributed by atoms with Crippen LogP contribution in [0, 0.1) is 0 Å². The molecular formula is C25H21B4N3O6. The number of piperidine rings is 1. The Kier molecular flexibility index (Phi) is 7.13. The van der Waals surface area contributed by atoms with E-state index in [9.17, 15) is 19.2 Å². The van der Waals surface area contributed by atoms with E-state index in [1.807, 2.05) is 0 Å². The number of nitrogens with one attached hydrogen (secondary N) is 1. The highest BCUT2D eigenvalue weighted by atomic mass is 16.5. The Morgan fingerprint density at radius 3 is 2.50 bits per heavy atom. The van der Waals surface area contributed by atoms with Gasteiger partial charge >= 0.3 is 0 Å². The molecule has 2 saturated heterocycles. The molecule has 9 nitrogen and oxygen atoms in total. The van der Waals surface area contributed by atoms with Crippen molar-refractivity contribution in [3.63, 3.8) is 0 Å². The highest BCUT2D eigenvalue weighted by molar-refractivity contribution is 6.50. The Hall–Kier alpha value is -3.46. The first-order valence-electron chi connectivity index (χ1n) is 12.2. The van der Waals surface area contributed by atoms with Gasteiger partial charge in [0.1, 0.15) is 49.8 Å². The second-order valence-corrected chi connectivity index (χ2v) is 9.38. The summed E-state index contributed by atoms with van der Waals surface area (Å²) in [6.07, 6.45) is 0.408. The molecule has 3 heterocycles. The summed E-state index contributed by atoms with van der Waals surface area (Å²) >= 11 is 0. The Balaban J connectivity index is 1.35. The van der Waals surface area contributed by atoms with E-state index in [2.05, 4.69) is 5.32 Å². The van der Waals surface area contributed by atoms with E-state index in [1.165, 1.54) is 9.80 Å². The minimum atomic E-state index is -1.04. The quantitative estimate of drug-likeness (QED) is 0.373. The Morgan fingerprint density at radius 2 is 1.76 bits per heavy atom. The van der Waals surface area contributed by atoms with Crippen LogP contribution in [0.2, 0.25) is 0 Å². The van der Waals surface area contributed by atoms with Crippen molar-refractivity contribution in [2.24, 2.45) is 0 Å². The number of rotatable bonds is 6. The number of imide groups is 1. The summed E-state index contributed by atoms with van der Waals surface area (Å²) in [7, 11) is 25.3. The number of carbonyl (C=O) groups excluding carboxylic acids is 4. The molecule has 0 aliphatic carbocycles. The van der Waals surface area contributed by atoms with E-state index in [0.717, 1.165) is 0 Å². The molecule has 0 bridgehead atoms. The number of benzene rings is 2. The van der Waals surface area contributed by atoms with Crippen LogP contribution in [0.15, 0.2) is 30.3 Å². The number of ether oxygens (including phenoxy) is 2. The molecule has 3 aliphatic heterocycles. The number of hydrogen-bond donors (Lipinski definition) is 1. The van der Waals surface area contributed by atoms with Crippen molar-refractivity contribution in [1.82, 2.24) is 15.1 Å². The van der Waals surface area contributed by atoms with Crippen LogP contribution >= 0.6 is 0 Å². The van der Waals surface area contributed by atoms with Crippen LogP contribution in [0.25, 0.3) is 0 Å². The summed E-state index contributed by atoms with van der Waals surface area (Å²) in [5, 5.41) is 2.28. The molecule has 0 aromatic heterocycles. The summed E-state index contributed by atoms with van der Waals surface area (Å²) in [6.45, 7) is 0.779. The van der Waals surface area contributed by atoms with Gasteiger partial charge < -0.3 is 19.3 Å². The van der Waals surface area contributed by atoms with Crippen molar-refractivity contribution < 1.29 is 28.7 Å². The molecule has 0 spiro atoms. The maximum atomic E-state index is 13.1. The number of hydrogen-bond acceptors (Lipinski definition) is 6. The Bertz CT molecular complexity index is 1340. The van der Waals surface area contributed by atoms with Crippen LogP contribution in [-0.4, -0.2) is 90.6 Å². The fourth-order valence-corrected chi connectivity index (χ4v) is 5.04. The highest BCUT2D eigenvalue weighted by Gasteiger charge is 2.40. The first-order chi connectivity index (χ1) is 18.2. The van der Waals surface area contributed by atoms with E-state index in [-0.39, 0.29) is 54.6 Å². The van der Waals surface area contributed by atoms with Gasteiger partial charge in [0.2, 0.25) is 17.7 Å². The van der Waals surface area contributed by atoms with Gasteiger partial charge in [-0.25, -0.2) is 0 Å². The smallest absolute Gasteiger partial charge is 0.255 e. The normalized spacial score (nSPS) is 21.2. The molecule has 2 fully saturated rings. The average molecular weight is 503 g/mol. The summed E-state index contributed by atoms with van der Waals surface area (Å²) in [5.74, 6) is -1.87. The van der Waals surface area contributed by atoms with Gasteiger partial charge in [-0.05, 0) is 29.7 Å². The van der Waals surface area contributed by atoms with E-state index in [1.54, 1.807) is 30.3 Å². The monoisotopic (exact) mass is 503 g/mol. The molecule has 4 amide bonds. The first kappa shape index (κ1) is 26.2. The first-order valence-corrected chi connectivity index (χ1v) is 12.2. The fourth-order valence-electron chi connectivity index (χ4n) is 5.04. The predicted molar refractivity (Wildman–Crippen MR) is 140 cm³/mol. The largest absolute Gasteiger partial charge is 0.496 e. The lowest BCUT2D eigenvalue weighted by atomic mass is 9.68. The van der Waals surface area contributed by atoms with Crippen molar-refractivity contribution in [2.75, 3.05) is 19.8 Å². The highest BCUT2D eigenvalue weighted by Crippen LogP contribution is 2.35. The zero-order valence-electron chi connectivity index (χ0n) is 20.5. The van der Waals surface area contributed by atoms with E-state index < -0.39 is 23.9 Å². The summed E-state index contributed by atoms with van der Waals surface area (Å²) < 4.78 is 11.2. The summed E-state index contributed by atoms with van der Waals surface area (Å²) in [5.41, 5.74) is 2.19. The van der Waals surface area contributed by atoms with Crippen LogP contribution in [0.4, 0.5) is 0 Å². The van der Waals surface area contributed by atoms with Crippen LogP contribution in [0.1, 0.15) is 51.8 Å². The molecule has 3 atom stereocenters. The summed E-state index contributed by atoms with van der Waals surface area (Å²) in [4.78, 5) is 52.1. The van der Waals surface area contributed by atoms with Gasteiger partial charge in [-0.1, -0.05) is 29.1 Å². The standard InChI is InChI=1S/C25H21B4N3O6/c26-20-13(22(28)31-8-9-37-11-19(31)34)4-5-14(21(20)27)23(29)38-17-3-1-2-12-15(17)10-32(25(12)36)16-6-7-18(33)30-24(16)35/h1-5,16,22-23H,6-11H2,(H,30,33,35). The average Bonchev–Trinajstić information content (AvgIpc) is 3.22. The minimum absolute atomic E-state index is 0.0508. The molecule has 8 radical (unpaired) electrons. The molecule has 184 valence electrons. The van der Waals surface area contributed by atoms with Crippen molar-refractivity contribution in [3.8, 4) is 5.75 Å². The van der Waals surface area contributed by atoms with Crippen molar-refractivity contribution in [2.45, 2.75) is 37.4 Å². The van der Waals surface area contributed by atoms with Gasteiger partial charge in [0.25, 0.3) is 5.91 Å². The molecule has 3 aliphatic rings. The molecule has 1 N–H and O–H groups in total. The van der Waals surface area contributed by atoms with Crippen LogP contribution < -0.4 is 21.0 Å². The number of carbonyl (C=O) groups is 4. The van der Waals surface area contributed by atoms with Crippen LogP contribution in [0.5, 0.6) is 5.75 Å². The second kappa shape index (κ2) is 10.4. The third kappa shape index (κ3) is 4.64. The maximum absolute atomic E-state index is 13.1. The molecule has 2 aromatic carbocycles. The molecule has 2 aromatic rings. The molecule has 38 heavy (non-hydrogen) atoms. The fraction of sp³-hybridized carbons (Fsp3) is 0.360. The minimum Gasteiger partial charge on any atom is -0.496 e. The summed E-state index contributed by atoms with van der Waals surface area (Å²) in [6, 6.07) is 6.48. The Labute approximate surface area is 225 Å². The zero-order chi connectivity index (χ0) is 27.1. The lowest BCUT2D eigenvalue weighted by molar-refractivity contribution is -0.143. The maximum Gasteiger partial charge on any atom is 0.255 e. The van der Waals surface area contributed by atoms with E-state index in [4.69, 9.17) is 40.9 Å². The zero-order valence-corrected chi connectivity index (χ0v) is 20.5. The van der Waals surface area contributed by atoms with Gasteiger partial charge in [0.05, 0.1) is 19.2 Å². The lowest BCUT2D eigenvalue weighted by Gasteiger charge is -2.35. The molecule has 3 unspecified atom stereocenters. The third-order valence-corrected chi connectivity index (χ3v) is 7.13. The van der Waals surface area contributed by atoms with Gasteiger partial charge in [-0.2, -0.15) is 0 Å². The topological polar surface area (TPSA) is 105 Å². The molecular weight excluding hydrogens is 482 g/mol. The second-order valence-electron chi connectivity index (χ2n) is 9.38. The van der Waals surface area contributed by atoms with Gasteiger partial charge in [-0.3, -0.25) is 24.5 Å². The predicted octanol–water partition coefficient (Wildman–Crippen LogP) is -1.69. The van der Waals surface area contributed by atoms with Gasteiger partial charge in [-0.15, -0.1) is 0 Å². The van der Waals surface area contributed by atoms with Crippen molar-refractivity contribution >= 4 is 65.9 Å². The lowest BCUT2D eigenvalue weighted by Crippen LogP contribution is -2.52. The van der Waals surface area contributed by atoms with Crippen molar-refractivity contribution in [3.05, 3.63) is 52.6 Å². The molecule has 13 heteroatoms. The van der Waals surface area contributed by atoms with Gasteiger partial charge in [0.15, 0.2) is 0 Å². The number of fused-ring (bicyclic) bond motifs is 1. The van der Waals surface area contributed by atoms with E-state index >= 15 is 0 Å². The number of nitrogens with zero attached hydrogens (tertiary/aromatic N) is 2. The molecule has 5 rings (SSSR count). The van der Waals surface area contributed by atoms with Crippen molar-refractivity contribution in [1.29, 1.82) is 0 Å². The SMILES string of the molecule is [B]c1c(C([B])Oc2cccc3c2CN(C2CCC(=O)NC2=O)C3=O)ccc(C([B])N2CCOCC2=O)c1[B]. The van der Waals surface area contributed by atoms with Crippen LogP contribution in [-0.2, 0) is 25.7 Å². The number of morpholine rings is 1. The molecule has 0 saturated carbocycles. The third-order valence-electron chi connectivity index (χ3n) is 7.13. The van der Waals surface area contributed by atoms with Crippen LogP contribution in [0.3, 0.4) is 0 Å². The van der Waals surface area contributed by atoms with E-state index in [0.29, 0.717) is 41.2 Å². The Morgan fingerprint density at radius 1 is 1.03 bits per heavy atom. The number of amides is 4. The van der Waals surface area contributed by atoms with Gasteiger partial charge in [0, 0.05) is 30.0 Å².